The summed E-state index contributed by atoms with van der Waals surface area (Å²) in [4.78, 5) is 19.3. The van der Waals surface area contributed by atoms with Gasteiger partial charge in [-0.05, 0) is 37.1 Å². The molecule has 1 aliphatic rings. The van der Waals surface area contributed by atoms with Crippen LogP contribution in [0.25, 0.3) is 0 Å². The van der Waals surface area contributed by atoms with E-state index in [4.69, 9.17) is 4.74 Å². The van der Waals surface area contributed by atoms with E-state index < -0.39 is 0 Å². The molecule has 1 aliphatic heterocycles. The number of likely N-dealkylation sites (N-methyl/N-ethyl adjacent to an activating group) is 1. The Morgan fingerprint density at radius 3 is 2.80 bits per heavy atom. The maximum absolute atomic E-state index is 12.8. The minimum atomic E-state index is -0.132. The Balaban J connectivity index is 1.69. The van der Waals surface area contributed by atoms with E-state index in [1.807, 2.05) is 25.1 Å². The lowest BCUT2D eigenvalue weighted by Gasteiger charge is -2.35. The minimum absolute atomic E-state index is 0.0580. The number of hydrogen-bond acceptors (Lipinski definition) is 4. The Labute approximate surface area is 149 Å². The number of aromatic nitrogens is 1. The van der Waals surface area contributed by atoms with Crippen LogP contribution in [0.4, 0.5) is 0 Å². The van der Waals surface area contributed by atoms with Crippen molar-refractivity contribution < 1.29 is 9.53 Å². The molecule has 132 valence electrons. The molecule has 0 fully saturated rings. The lowest BCUT2D eigenvalue weighted by Crippen LogP contribution is -2.49. The number of benzene rings is 1. The number of nitrogens with one attached hydrogen (secondary N) is 1. The highest BCUT2D eigenvalue weighted by Crippen LogP contribution is 2.23. The van der Waals surface area contributed by atoms with Gasteiger partial charge in [-0.15, -0.1) is 0 Å². The van der Waals surface area contributed by atoms with Crippen LogP contribution < -0.4 is 10.1 Å². The fraction of sp³-hybridized carbons (Fsp3) is 0.400. The molecule has 1 aromatic heterocycles. The lowest BCUT2D eigenvalue weighted by atomic mass is 9.93. The number of ether oxygens (including phenoxy) is 1. The molecule has 5 nitrogen and oxygen atoms in total. The molecule has 0 unspecified atom stereocenters. The van der Waals surface area contributed by atoms with Crippen LogP contribution in [0.5, 0.6) is 5.88 Å². The number of carbonyl (C=O) groups excluding carboxylic acids is 1. The highest BCUT2D eigenvalue weighted by atomic mass is 16.5. The summed E-state index contributed by atoms with van der Waals surface area (Å²) in [5, 5.41) is 3.06. The number of nitrogens with zero attached hydrogens (tertiary/aromatic N) is 2. The summed E-state index contributed by atoms with van der Waals surface area (Å²) in [6.07, 6.45) is 2.45. The molecule has 25 heavy (non-hydrogen) atoms. The van der Waals surface area contributed by atoms with Gasteiger partial charge in [-0.1, -0.05) is 37.3 Å². The second kappa shape index (κ2) is 8.12. The van der Waals surface area contributed by atoms with Crippen LogP contribution in [-0.2, 0) is 24.3 Å². The van der Waals surface area contributed by atoms with E-state index in [-0.39, 0.29) is 11.9 Å². The van der Waals surface area contributed by atoms with Crippen LogP contribution in [0, 0.1) is 0 Å². The van der Waals surface area contributed by atoms with Gasteiger partial charge in [0.25, 0.3) is 0 Å². The molecule has 3 rings (SSSR count). The van der Waals surface area contributed by atoms with Crippen molar-refractivity contribution in [2.45, 2.75) is 39.4 Å². The fourth-order valence-electron chi connectivity index (χ4n) is 3.29. The highest BCUT2D eigenvalue weighted by molar-refractivity contribution is 5.82. The zero-order valence-corrected chi connectivity index (χ0v) is 14.9. The van der Waals surface area contributed by atoms with Crippen LogP contribution in [-0.4, -0.2) is 35.0 Å². The first-order valence-corrected chi connectivity index (χ1v) is 8.88. The number of rotatable bonds is 6. The van der Waals surface area contributed by atoms with Gasteiger partial charge < -0.3 is 10.1 Å². The number of amides is 1. The third kappa shape index (κ3) is 3.99. The average molecular weight is 339 g/mol. The van der Waals surface area contributed by atoms with E-state index in [2.05, 4.69) is 40.3 Å². The molecule has 0 bridgehead atoms. The van der Waals surface area contributed by atoms with Gasteiger partial charge >= 0.3 is 0 Å². The van der Waals surface area contributed by atoms with E-state index in [1.54, 1.807) is 6.20 Å². The first kappa shape index (κ1) is 17.4. The van der Waals surface area contributed by atoms with Gasteiger partial charge in [0, 0.05) is 24.8 Å². The molecule has 1 amide bonds. The molecule has 0 spiro atoms. The number of hydrogen-bond donors (Lipinski definition) is 1. The smallest absolute Gasteiger partial charge is 0.237 e. The molecule has 5 heteroatoms. The van der Waals surface area contributed by atoms with Crippen molar-refractivity contribution >= 4 is 5.91 Å². The van der Waals surface area contributed by atoms with Crippen molar-refractivity contribution in [1.29, 1.82) is 0 Å². The van der Waals surface area contributed by atoms with Crippen LogP contribution >= 0.6 is 0 Å². The van der Waals surface area contributed by atoms with Crippen molar-refractivity contribution in [3.63, 3.8) is 0 Å². The summed E-state index contributed by atoms with van der Waals surface area (Å²) in [7, 11) is 0. The molecule has 0 radical (unpaired) electrons. The Bertz CT molecular complexity index is 732. The number of pyridine rings is 1. The molecule has 0 saturated heterocycles. The number of carbonyl (C=O) groups is 1. The van der Waals surface area contributed by atoms with Crippen molar-refractivity contribution in [1.82, 2.24) is 15.2 Å². The maximum atomic E-state index is 12.8. The van der Waals surface area contributed by atoms with Crippen molar-refractivity contribution in [3.05, 3.63) is 59.3 Å². The average Bonchev–Trinajstić information content (AvgIpc) is 2.66. The maximum Gasteiger partial charge on any atom is 0.237 e. The fourth-order valence-corrected chi connectivity index (χ4v) is 3.29. The summed E-state index contributed by atoms with van der Waals surface area (Å²) in [5.41, 5.74) is 3.49. The van der Waals surface area contributed by atoms with Crippen LogP contribution in [0.2, 0.25) is 0 Å². The van der Waals surface area contributed by atoms with Gasteiger partial charge in [0.15, 0.2) is 0 Å². The first-order chi connectivity index (χ1) is 12.2. The Morgan fingerprint density at radius 2 is 2.04 bits per heavy atom. The molecule has 0 aliphatic carbocycles. The Kier molecular flexibility index (Phi) is 5.66. The van der Waals surface area contributed by atoms with Crippen LogP contribution in [0.3, 0.4) is 0 Å². The summed E-state index contributed by atoms with van der Waals surface area (Å²) in [6, 6.07) is 12.0. The molecule has 1 N–H and O–H groups in total. The van der Waals surface area contributed by atoms with Gasteiger partial charge in [-0.2, -0.15) is 0 Å². The largest absolute Gasteiger partial charge is 0.478 e. The molecular weight excluding hydrogens is 314 g/mol. The van der Waals surface area contributed by atoms with Gasteiger partial charge in [0.05, 0.1) is 12.6 Å². The third-order valence-electron chi connectivity index (χ3n) is 4.64. The van der Waals surface area contributed by atoms with Crippen LogP contribution in [0.15, 0.2) is 42.6 Å². The van der Waals surface area contributed by atoms with Crippen LogP contribution in [0.1, 0.15) is 30.5 Å². The molecular formula is C20H25N3O2. The molecule has 2 heterocycles. The van der Waals surface area contributed by atoms with Crippen molar-refractivity contribution in [2.75, 3.05) is 13.2 Å². The zero-order valence-electron chi connectivity index (χ0n) is 14.9. The van der Waals surface area contributed by atoms with Crippen molar-refractivity contribution in [2.24, 2.45) is 0 Å². The number of fused-ring (bicyclic) bond motifs is 1. The topological polar surface area (TPSA) is 54.5 Å². The van der Waals surface area contributed by atoms with E-state index in [0.717, 1.165) is 25.1 Å². The summed E-state index contributed by atoms with van der Waals surface area (Å²) >= 11 is 0. The lowest BCUT2D eigenvalue weighted by molar-refractivity contribution is -0.127. The minimum Gasteiger partial charge on any atom is -0.478 e. The highest BCUT2D eigenvalue weighted by Gasteiger charge is 2.30. The van der Waals surface area contributed by atoms with E-state index in [1.165, 1.54) is 11.1 Å². The third-order valence-corrected chi connectivity index (χ3v) is 4.64. The zero-order chi connectivity index (χ0) is 17.6. The molecule has 1 aromatic carbocycles. The van der Waals surface area contributed by atoms with E-state index in [0.29, 0.717) is 19.0 Å². The second-order valence-corrected chi connectivity index (χ2v) is 6.17. The van der Waals surface area contributed by atoms with Gasteiger partial charge in [0.2, 0.25) is 11.8 Å². The first-order valence-electron chi connectivity index (χ1n) is 8.88. The molecule has 1 atom stereocenters. The molecule has 2 aromatic rings. The summed E-state index contributed by atoms with van der Waals surface area (Å²) in [5.74, 6) is 0.647. The Hall–Kier alpha value is -2.40. The molecule has 0 saturated carbocycles. The van der Waals surface area contributed by atoms with E-state index >= 15 is 0 Å². The predicted octanol–water partition coefficient (Wildman–Crippen LogP) is 2.54. The van der Waals surface area contributed by atoms with Gasteiger partial charge in [-0.3, -0.25) is 9.69 Å². The second-order valence-electron chi connectivity index (χ2n) is 6.17. The van der Waals surface area contributed by atoms with Crippen molar-refractivity contribution in [3.8, 4) is 5.88 Å². The standard InChI is InChI=1S/C20H25N3O2/c1-3-23-14-17-9-6-5-8-15(17)12-18(23)19(24)22-13-16-10-7-11-21-20(16)25-4-2/h5-11,18H,3-4,12-14H2,1-2H3,(H,22,24)/t18-/m1/s1. The van der Waals surface area contributed by atoms with Gasteiger partial charge in [-0.25, -0.2) is 4.98 Å². The Morgan fingerprint density at radius 1 is 1.24 bits per heavy atom. The summed E-state index contributed by atoms with van der Waals surface area (Å²) < 4.78 is 5.53. The monoisotopic (exact) mass is 339 g/mol. The quantitative estimate of drug-likeness (QED) is 0.879. The SMILES string of the molecule is CCOc1ncccc1CNC(=O)[C@H]1Cc2ccccc2CN1CC. The van der Waals surface area contributed by atoms with E-state index in [9.17, 15) is 4.79 Å². The predicted molar refractivity (Wildman–Crippen MR) is 97.3 cm³/mol. The van der Waals surface area contributed by atoms with Gasteiger partial charge in [0.1, 0.15) is 0 Å². The normalized spacial score (nSPS) is 17.0. The summed E-state index contributed by atoms with van der Waals surface area (Å²) in [6.45, 7) is 6.68.